The minimum absolute atomic E-state index is 1.08. The number of H-pyrrole nitrogens is 1. The normalized spacial score (nSPS) is 10.9. The van der Waals surface area contributed by atoms with Crippen molar-refractivity contribution < 1.29 is 0 Å². The minimum atomic E-state index is 1.08. The largest absolute Gasteiger partial charge is 0.361 e. The standard InChI is InChI=1S/C16H15N/c1-2-12-4-3-5-13(10-12)14-6-7-16-15(11-14)8-9-17-16/h3-11,17H,2H2,1H3. The first kappa shape index (κ1) is 10.2. The van der Waals surface area contributed by atoms with Gasteiger partial charge in [-0.2, -0.15) is 0 Å². The van der Waals surface area contributed by atoms with Gasteiger partial charge in [0, 0.05) is 11.7 Å². The molecule has 0 saturated carbocycles. The summed E-state index contributed by atoms with van der Waals surface area (Å²) < 4.78 is 0. The molecule has 0 fully saturated rings. The van der Waals surface area contributed by atoms with Gasteiger partial charge in [-0.1, -0.05) is 37.3 Å². The predicted molar refractivity (Wildman–Crippen MR) is 73.1 cm³/mol. The van der Waals surface area contributed by atoms with E-state index in [1.807, 2.05) is 6.20 Å². The molecule has 1 aromatic heterocycles. The molecule has 0 unspecified atom stereocenters. The van der Waals surface area contributed by atoms with Gasteiger partial charge in [0.25, 0.3) is 0 Å². The molecular weight excluding hydrogens is 206 g/mol. The van der Waals surface area contributed by atoms with E-state index >= 15 is 0 Å². The van der Waals surface area contributed by atoms with Crippen molar-refractivity contribution in [3.63, 3.8) is 0 Å². The maximum Gasteiger partial charge on any atom is 0.0454 e. The highest BCUT2D eigenvalue weighted by atomic mass is 14.7. The second-order valence-electron chi connectivity index (χ2n) is 4.33. The Balaban J connectivity index is 2.12. The van der Waals surface area contributed by atoms with Crippen LogP contribution in [0.4, 0.5) is 0 Å². The molecule has 0 amide bonds. The highest BCUT2D eigenvalue weighted by Gasteiger charge is 2.00. The summed E-state index contributed by atoms with van der Waals surface area (Å²) >= 11 is 0. The fourth-order valence-electron chi connectivity index (χ4n) is 2.20. The Morgan fingerprint density at radius 2 is 1.82 bits per heavy atom. The Bertz CT molecular complexity index is 649. The molecule has 1 heterocycles. The van der Waals surface area contributed by atoms with Crippen LogP contribution < -0.4 is 0 Å². The van der Waals surface area contributed by atoms with E-state index in [4.69, 9.17) is 0 Å². The fourth-order valence-corrected chi connectivity index (χ4v) is 2.20. The molecule has 1 N–H and O–H groups in total. The van der Waals surface area contributed by atoms with Gasteiger partial charge in [-0.25, -0.2) is 0 Å². The Morgan fingerprint density at radius 1 is 0.941 bits per heavy atom. The Labute approximate surface area is 101 Å². The van der Waals surface area contributed by atoms with Gasteiger partial charge in [0.05, 0.1) is 0 Å². The lowest BCUT2D eigenvalue weighted by Crippen LogP contribution is -1.82. The first-order valence-electron chi connectivity index (χ1n) is 6.03. The minimum Gasteiger partial charge on any atom is -0.361 e. The highest BCUT2D eigenvalue weighted by Crippen LogP contribution is 2.24. The lowest BCUT2D eigenvalue weighted by molar-refractivity contribution is 1.14. The maximum absolute atomic E-state index is 3.22. The van der Waals surface area contributed by atoms with Crippen molar-refractivity contribution in [1.29, 1.82) is 0 Å². The number of hydrogen-bond acceptors (Lipinski definition) is 0. The van der Waals surface area contributed by atoms with Crippen LogP contribution in [0.3, 0.4) is 0 Å². The molecule has 1 nitrogen and oxygen atoms in total. The van der Waals surface area contributed by atoms with E-state index in [2.05, 4.69) is 60.4 Å². The van der Waals surface area contributed by atoms with Crippen LogP contribution in [0.25, 0.3) is 22.0 Å². The Morgan fingerprint density at radius 3 is 2.71 bits per heavy atom. The second-order valence-corrected chi connectivity index (χ2v) is 4.33. The third-order valence-corrected chi connectivity index (χ3v) is 3.22. The number of aryl methyl sites for hydroxylation is 1. The van der Waals surface area contributed by atoms with E-state index in [1.165, 1.54) is 27.6 Å². The van der Waals surface area contributed by atoms with Gasteiger partial charge in [-0.15, -0.1) is 0 Å². The molecule has 84 valence electrons. The summed E-state index contributed by atoms with van der Waals surface area (Å²) in [7, 11) is 0. The van der Waals surface area contributed by atoms with Crippen molar-refractivity contribution in [3.05, 3.63) is 60.3 Å². The average Bonchev–Trinajstić information content (AvgIpc) is 2.86. The number of aromatic nitrogens is 1. The van der Waals surface area contributed by atoms with E-state index in [1.54, 1.807) is 0 Å². The zero-order valence-corrected chi connectivity index (χ0v) is 9.90. The number of aromatic amines is 1. The topological polar surface area (TPSA) is 15.8 Å². The average molecular weight is 221 g/mol. The number of benzene rings is 2. The molecule has 0 bridgehead atoms. The molecule has 0 atom stereocenters. The molecule has 17 heavy (non-hydrogen) atoms. The number of hydrogen-bond donors (Lipinski definition) is 1. The monoisotopic (exact) mass is 221 g/mol. The molecule has 0 spiro atoms. The van der Waals surface area contributed by atoms with Crippen molar-refractivity contribution in [2.75, 3.05) is 0 Å². The molecule has 1 heteroatoms. The Hall–Kier alpha value is -2.02. The Kier molecular flexibility index (Phi) is 2.45. The van der Waals surface area contributed by atoms with Gasteiger partial charge in [-0.3, -0.25) is 0 Å². The number of nitrogens with one attached hydrogen (secondary N) is 1. The van der Waals surface area contributed by atoms with Crippen LogP contribution >= 0.6 is 0 Å². The number of rotatable bonds is 2. The van der Waals surface area contributed by atoms with E-state index in [-0.39, 0.29) is 0 Å². The molecule has 0 aliphatic heterocycles. The van der Waals surface area contributed by atoms with Crippen molar-refractivity contribution >= 4 is 10.9 Å². The third-order valence-electron chi connectivity index (χ3n) is 3.22. The third kappa shape index (κ3) is 1.84. The summed E-state index contributed by atoms with van der Waals surface area (Å²) in [5.41, 5.74) is 5.16. The van der Waals surface area contributed by atoms with E-state index in [9.17, 15) is 0 Å². The van der Waals surface area contributed by atoms with Crippen molar-refractivity contribution in [1.82, 2.24) is 4.98 Å². The first-order valence-corrected chi connectivity index (χ1v) is 6.03. The summed E-state index contributed by atoms with van der Waals surface area (Å²) in [6, 6.07) is 17.4. The molecule has 2 aromatic carbocycles. The van der Waals surface area contributed by atoms with Crippen LogP contribution in [-0.2, 0) is 6.42 Å². The van der Waals surface area contributed by atoms with Crippen LogP contribution in [0, 0.1) is 0 Å². The smallest absolute Gasteiger partial charge is 0.0454 e. The molecule has 3 aromatic rings. The lowest BCUT2D eigenvalue weighted by Gasteiger charge is -2.04. The highest BCUT2D eigenvalue weighted by molar-refractivity contribution is 5.85. The van der Waals surface area contributed by atoms with Crippen LogP contribution in [0.2, 0.25) is 0 Å². The van der Waals surface area contributed by atoms with Gasteiger partial charge in [0.1, 0.15) is 0 Å². The molecule has 0 aliphatic rings. The SMILES string of the molecule is CCc1cccc(-c2ccc3[nH]ccc3c2)c1. The zero-order chi connectivity index (χ0) is 11.7. The van der Waals surface area contributed by atoms with Gasteiger partial charge < -0.3 is 4.98 Å². The molecule has 0 aliphatic carbocycles. The molecule has 3 rings (SSSR count). The summed E-state index contributed by atoms with van der Waals surface area (Å²) in [4.78, 5) is 3.22. The van der Waals surface area contributed by atoms with Crippen LogP contribution in [0.5, 0.6) is 0 Å². The van der Waals surface area contributed by atoms with Gasteiger partial charge in [0.2, 0.25) is 0 Å². The van der Waals surface area contributed by atoms with Crippen molar-refractivity contribution in [2.45, 2.75) is 13.3 Å². The van der Waals surface area contributed by atoms with Gasteiger partial charge in [-0.05, 0) is 46.7 Å². The summed E-state index contributed by atoms with van der Waals surface area (Å²) in [5, 5.41) is 1.27. The van der Waals surface area contributed by atoms with Gasteiger partial charge in [0.15, 0.2) is 0 Å². The van der Waals surface area contributed by atoms with Crippen molar-refractivity contribution in [3.8, 4) is 11.1 Å². The maximum atomic E-state index is 3.22. The van der Waals surface area contributed by atoms with E-state index in [0.29, 0.717) is 0 Å². The lowest BCUT2D eigenvalue weighted by atomic mass is 10.0. The zero-order valence-electron chi connectivity index (χ0n) is 9.90. The molecule has 0 saturated heterocycles. The predicted octanol–water partition coefficient (Wildman–Crippen LogP) is 4.40. The summed E-state index contributed by atoms with van der Waals surface area (Å²) in [5.74, 6) is 0. The molecular formula is C16H15N. The van der Waals surface area contributed by atoms with Gasteiger partial charge >= 0.3 is 0 Å². The van der Waals surface area contributed by atoms with Crippen LogP contribution in [0.15, 0.2) is 54.7 Å². The van der Waals surface area contributed by atoms with Crippen LogP contribution in [0.1, 0.15) is 12.5 Å². The quantitative estimate of drug-likeness (QED) is 0.660. The van der Waals surface area contributed by atoms with E-state index in [0.717, 1.165) is 6.42 Å². The van der Waals surface area contributed by atoms with Crippen LogP contribution in [-0.4, -0.2) is 4.98 Å². The summed E-state index contributed by atoms with van der Waals surface area (Å²) in [6.45, 7) is 2.19. The van der Waals surface area contributed by atoms with E-state index < -0.39 is 0 Å². The fraction of sp³-hybridized carbons (Fsp3) is 0.125. The second kappa shape index (κ2) is 4.10. The van der Waals surface area contributed by atoms with Crippen molar-refractivity contribution in [2.24, 2.45) is 0 Å². The molecule has 0 radical (unpaired) electrons. The first-order chi connectivity index (χ1) is 8.36. The number of fused-ring (bicyclic) bond motifs is 1. The summed E-state index contributed by atoms with van der Waals surface area (Å²) in [6.07, 6.45) is 3.07.